The molecule has 1 saturated heterocycles. The standard InChI is InChI=1S/C11H22F2N2O/c1-9(16)15(8-11(2,12)13)10-4-6-14(3)7-5-10/h9-10,16H,4-8H2,1-3H3. The van der Waals surface area contributed by atoms with Crippen LogP contribution in [0.5, 0.6) is 0 Å². The summed E-state index contributed by atoms with van der Waals surface area (Å²) in [7, 11) is 2.03. The molecule has 5 heteroatoms. The number of hydrogen-bond donors (Lipinski definition) is 1. The molecule has 0 aliphatic carbocycles. The highest BCUT2D eigenvalue weighted by Gasteiger charge is 2.33. The van der Waals surface area contributed by atoms with Gasteiger partial charge in [0.15, 0.2) is 0 Å². The number of rotatable bonds is 4. The highest BCUT2D eigenvalue weighted by atomic mass is 19.3. The molecule has 1 aliphatic rings. The van der Waals surface area contributed by atoms with E-state index in [-0.39, 0.29) is 12.6 Å². The van der Waals surface area contributed by atoms with Crippen molar-refractivity contribution in [3.8, 4) is 0 Å². The van der Waals surface area contributed by atoms with Gasteiger partial charge in [-0.25, -0.2) is 8.78 Å². The molecule has 0 aromatic heterocycles. The third-order valence-electron chi connectivity index (χ3n) is 3.10. The summed E-state index contributed by atoms with van der Waals surface area (Å²) in [5, 5.41) is 9.57. The van der Waals surface area contributed by atoms with E-state index in [9.17, 15) is 13.9 Å². The van der Waals surface area contributed by atoms with Crippen molar-refractivity contribution in [3.05, 3.63) is 0 Å². The van der Waals surface area contributed by atoms with Crippen molar-refractivity contribution in [1.29, 1.82) is 0 Å². The van der Waals surface area contributed by atoms with Crippen LogP contribution in [-0.4, -0.2) is 59.8 Å². The zero-order valence-electron chi connectivity index (χ0n) is 10.3. The van der Waals surface area contributed by atoms with Gasteiger partial charge >= 0.3 is 0 Å². The number of aliphatic hydroxyl groups is 1. The predicted molar refractivity (Wildman–Crippen MR) is 59.5 cm³/mol. The van der Waals surface area contributed by atoms with Gasteiger partial charge in [-0.2, -0.15) is 0 Å². The largest absolute Gasteiger partial charge is 0.379 e. The molecule has 0 aromatic rings. The maximum Gasteiger partial charge on any atom is 0.257 e. The molecule has 3 nitrogen and oxygen atoms in total. The lowest BCUT2D eigenvalue weighted by atomic mass is 10.0. The van der Waals surface area contributed by atoms with Gasteiger partial charge in [0.25, 0.3) is 5.92 Å². The average molecular weight is 236 g/mol. The normalized spacial score (nSPS) is 22.7. The molecule has 0 aromatic carbocycles. The van der Waals surface area contributed by atoms with Crippen LogP contribution in [-0.2, 0) is 0 Å². The van der Waals surface area contributed by atoms with Crippen molar-refractivity contribution < 1.29 is 13.9 Å². The topological polar surface area (TPSA) is 26.7 Å². The minimum Gasteiger partial charge on any atom is -0.379 e. The van der Waals surface area contributed by atoms with E-state index in [1.165, 1.54) is 4.90 Å². The lowest BCUT2D eigenvalue weighted by Gasteiger charge is -2.39. The molecular weight excluding hydrogens is 214 g/mol. The van der Waals surface area contributed by atoms with E-state index < -0.39 is 12.2 Å². The van der Waals surface area contributed by atoms with Gasteiger partial charge in [0.05, 0.1) is 6.54 Å². The van der Waals surface area contributed by atoms with Crippen LogP contribution in [0.25, 0.3) is 0 Å². The first kappa shape index (κ1) is 13.8. The van der Waals surface area contributed by atoms with Crippen LogP contribution in [0.4, 0.5) is 8.78 Å². The maximum absolute atomic E-state index is 13.0. The van der Waals surface area contributed by atoms with Crippen molar-refractivity contribution in [2.24, 2.45) is 0 Å². The van der Waals surface area contributed by atoms with Crippen molar-refractivity contribution in [2.75, 3.05) is 26.7 Å². The number of aliphatic hydroxyl groups excluding tert-OH is 1. The first-order chi connectivity index (χ1) is 7.29. The highest BCUT2D eigenvalue weighted by molar-refractivity contribution is 4.81. The Morgan fingerprint density at radius 1 is 1.44 bits per heavy atom. The van der Waals surface area contributed by atoms with Crippen LogP contribution in [0, 0.1) is 0 Å². The van der Waals surface area contributed by atoms with Gasteiger partial charge in [0.1, 0.15) is 6.23 Å². The summed E-state index contributed by atoms with van der Waals surface area (Å²) in [4.78, 5) is 3.70. The smallest absolute Gasteiger partial charge is 0.257 e. The number of hydrogen-bond acceptors (Lipinski definition) is 3. The number of piperidine rings is 1. The molecule has 1 atom stereocenters. The minimum atomic E-state index is -2.75. The van der Waals surface area contributed by atoms with E-state index in [2.05, 4.69) is 4.90 Å². The SMILES string of the molecule is CC(O)N(CC(C)(F)F)C1CCN(C)CC1. The second kappa shape index (κ2) is 5.38. The molecule has 1 aliphatic heterocycles. The third kappa shape index (κ3) is 4.31. The molecule has 0 amide bonds. The summed E-state index contributed by atoms with van der Waals surface area (Å²) >= 11 is 0. The quantitative estimate of drug-likeness (QED) is 0.747. The van der Waals surface area contributed by atoms with Gasteiger partial charge in [-0.3, -0.25) is 4.90 Å². The van der Waals surface area contributed by atoms with Crippen molar-refractivity contribution in [1.82, 2.24) is 9.80 Å². The van der Waals surface area contributed by atoms with Crippen LogP contribution < -0.4 is 0 Å². The minimum absolute atomic E-state index is 0.0713. The summed E-state index contributed by atoms with van der Waals surface area (Å²) in [5.74, 6) is -2.75. The van der Waals surface area contributed by atoms with Crippen LogP contribution in [0.15, 0.2) is 0 Å². The lowest BCUT2D eigenvalue weighted by molar-refractivity contribution is -0.0934. The van der Waals surface area contributed by atoms with Gasteiger partial charge in [0.2, 0.25) is 0 Å². The fraction of sp³-hybridized carbons (Fsp3) is 1.00. The molecule has 1 unspecified atom stereocenters. The third-order valence-corrected chi connectivity index (χ3v) is 3.10. The summed E-state index contributed by atoms with van der Waals surface area (Å²) < 4.78 is 26.0. The first-order valence-corrected chi connectivity index (χ1v) is 5.80. The highest BCUT2D eigenvalue weighted by Crippen LogP contribution is 2.22. The Labute approximate surface area is 96.0 Å². The molecule has 0 spiro atoms. The molecule has 16 heavy (non-hydrogen) atoms. The molecule has 1 heterocycles. The number of likely N-dealkylation sites (tertiary alicyclic amines) is 1. The Bertz CT molecular complexity index is 211. The fourth-order valence-corrected chi connectivity index (χ4v) is 2.21. The Morgan fingerprint density at radius 3 is 2.31 bits per heavy atom. The van der Waals surface area contributed by atoms with E-state index in [4.69, 9.17) is 0 Å². The summed E-state index contributed by atoms with van der Waals surface area (Å²) in [5.41, 5.74) is 0. The van der Waals surface area contributed by atoms with E-state index >= 15 is 0 Å². The molecule has 1 fully saturated rings. The zero-order chi connectivity index (χ0) is 12.3. The molecule has 1 N–H and O–H groups in total. The second-order valence-electron chi connectivity index (χ2n) is 4.91. The summed E-state index contributed by atoms with van der Waals surface area (Å²) in [6.07, 6.45) is 0.883. The molecular formula is C11H22F2N2O. The Balaban J connectivity index is 2.56. The second-order valence-corrected chi connectivity index (χ2v) is 4.91. The van der Waals surface area contributed by atoms with Crippen molar-refractivity contribution in [2.45, 2.75) is 44.9 Å². The van der Waals surface area contributed by atoms with Crippen LogP contribution in [0.3, 0.4) is 0 Å². The Morgan fingerprint density at radius 2 is 1.94 bits per heavy atom. The van der Waals surface area contributed by atoms with Crippen molar-refractivity contribution in [3.63, 3.8) is 0 Å². The fourth-order valence-electron chi connectivity index (χ4n) is 2.21. The van der Waals surface area contributed by atoms with E-state index in [1.54, 1.807) is 6.92 Å². The summed E-state index contributed by atoms with van der Waals surface area (Å²) in [6, 6.07) is 0.0713. The van der Waals surface area contributed by atoms with Crippen LogP contribution in [0.1, 0.15) is 26.7 Å². The van der Waals surface area contributed by atoms with Gasteiger partial charge < -0.3 is 10.0 Å². The zero-order valence-corrected chi connectivity index (χ0v) is 10.3. The average Bonchev–Trinajstić information content (AvgIpc) is 2.14. The molecule has 0 saturated carbocycles. The van der Waals surface area contributed by atoms with Gasteiger partial charge in [-0.1, -0.05) is 0 Å². The van der Waals surface area contributed by atoms with E-state index in [1.807, 2.05) is 7.05 Å². The lowest BCUT2D eigenvalue weighted by Crippen LogP contribution is -2.51. The predicted octanol–water partition coefficient (Wildman–Crippen LogP) is 1.38. The monoisotopic (exact) mass is 236 g/mol. The van der Waals surface area contributed by atoms with E-state index in [0.29, 0.717) is 0 Å². The first-order valence-electron chi connectivity index (χ1n) is 5.80. The van der Waals surface area contributed by atoms with Gasteiger partial charge in [-0.15, -0.1) is 0 Å². The van der Waals surface area contributed by atoms with Gasteiger partial charge in [0, 0.05) is 13.0 Å². The van der Waals surface area contributed by atoms with Crippen molar-refractivity contribution >= 4 is 0 Å². The molecule has 96 valence electrons. The van der Waals surface area contributed by atoms with Crippen LogP contribution >= 0.6 is 0 Å². The number of halogens is 2. The molecule has 1 rings (SSSR count). The maximum atomic E-state index is 13.0. The molecule has 0 bridgehead atoms. The Hall–Kier alpha value is -0.260. The van der Waals surface area contributed by atoms with E-state index in [0.717, 1.165) is 32.9 Å². The summed E-state index contributed by atoms with van der Waals surface area (Å²) in [6.45, 7) is 3.91. The van der Waals surface area contributed by atoms with Gasteiger partial charge in [-0.05, 0) is 39.9 Å². The van der Waals surface area contributed by atoms with Crippen LogP contribution in [0.2, 0.25) is 0 Å². The molecule has 0 radical (unpaired) electrons. The Kier molecular flexibility index (Phi) is 4.64. The number of alkyl halides is 2. The number of nitrogens with zero attached hydrogens (tertiary/aromatic N) is 2.